The first-order chi connectivity index (χ1) is 13.8. The Kier molecular flexibility index (Phi) is 5.69. The van der Waals surface area contributed by atoms with E-state index in [9.17, 15) is 22.4 Å². The van der Waals surface area contributed by atoms with Gasteiger partial charge in [0.25, 0.3) is 5.91 Å². The van der Waals surface area contributed by atoms with Crippen molar-refractivity contribution in [3.8, 4) is 0 Å². The van der Waals surface area contributed by atoms with Crippen molar-refractivity contribution in [1.29, 1.82) is 0 Å². The number of H-pyrrole nitrogens is 1. The number of halogens is 4. The average Bonchev–Trinajstić information content (AvgIpc) is 3.27. The lowest BCUT2D eigenvalue weighted by Crippen LogP contribution is -2.23. The van der Waals surface area contributed by atoms with E-state index in [1.165, 1.54) is 6.20 Å². The molecule has 13 heteroatoms. The molecule has 0 bridgehead atoms. The van der Waals surface area contributed by atoms with Crippen molar-refractivity contribution in [1.82, 2.24) is 15.6 Å². The molecule has 1 unspecified atom stereocenters. The number of hydrogen-bond acceptors (Lipinski definition) is 5. The highest BCUT2D eigenvalue weighted by molar-refractivity contribution is 6.21. The molecule has 0 aliphatic carbocycles. The zero-order valence-corrected chi connectivity index (χ0v) is 14.7. The third-order valence-corrected chi connectivity index (χ3v) is 4.16. The van der Waals surface area contributed by atoms with Crippen molar-refractivity contribution in [3.05, 3.63) is 57.5 Å². The predicted molar refractivity (Wildman–Crippen MR) is 94.5 cm³/mol. The molecule has 2 aromatic rings. The first-order valence-corrected chi connectivity index (χ1v) is 8.35. The average molecular weight is 410 g/mol. The van der Waals surface area contributed by atoms with Crippen LogP contribution in [0, 0.1) is 5.82 Å². The number of hydrogen-bond donors (Lipinski definition) is 3. The number of nitrogens with one attached hydrogen (secondary N) is 3. The number of aromatic amines is 1. The number of amides is 1. The zero-order chi connectivity index (χ0) is 21.0. The Morgan fingerprint density at radius 3 is 2.86 bits per heavy atom. The highest BCUT2D eigenvalue weighted by Gasteiger charge is 2.39. The molecule has 1 aromatic carbocycles. The van der Waals surface area contributed by atoms with E-state index in [0.29, 0.717) is 36.5 Å². The molecule has 29 heavy (non-hydrogen) atoms. The van der Waals surface area contributed by atoms with Crippen molar-refractivity contribution in [2.75, 3.05) is 18.4 Å². The molecular weight excluding hydrogens is 396 g/mol. The second-order valence-corrected chi connectivity index (χ2v) is 6.04. The Hall–Kier alpha value is -3.60. The third kappa shape index (κ3) is 4.29. The molecule has 0 fully saturated rings. The summed E-state index contributed by atoms with van der Waals surface area (Å²) in [5, 5.41) is 16.9. The van der Waals surface area contributed by atoms with E-state index in [1.807, 2.05) is 0 Å². The van der Waals surface area contributed by atoms with Crippen LogP contribution in [0.25, 0.3) is 10.4 Å². The molecule has 3 N–H and O–H groups in total. The van der Waals surface area contributed by atoms with Gasteiger partial charge in [0.15, 0.2) is 0 Å². The molecule has 1 amide bonds. The second kappa shape index (κ2) is 8.19. The molecule has 1 atom stereocenters. The molecular formula is C16H14F4N8O. The molecule has 1 aliphatic rings. The smallest absolute Gasteiger partial charge is 0.382 e. The minimum atomic E-state index is -4.90. The topological polar surface area (TPSA) is 131 Å². The number of nitrogens with zero attached hydrogens (tertiary/aromatic N) is 5. The first kappa shape index (κ1) is 20.1. The maximum atomic E-state index is 13.6. The molecule has 9 nitrogen and oxygen atoms in total. The summed E-state index contributed by atoms with van der Waals surface area (Å²) in [6.45, 7) is 0.690. The number of carbonyl (C=O) groups is 1. The van der Waals surface area contributed by atoms with Crippen molar-refractivity contribution in [3.63, 3.8) is 0 Å². The van der Waals surface area contributed by atoms with Gasteiger partial charge in [-0.25, -0.2) is 9.82 Å². The molecule has 0 saturated carbocycles. The van der Waals surface area contributed by atoms with Gasteiger partial charge in [0.05, 0.1) is 17.4 Å². The highest BCUT2D eigenvalue weighted by atomic mass is 19.4. The summed E-state index contributed by atoms with van der Waals surface area (Å²) in [6.07, 6.45) is -2.95. The zero-order valence-electron chi connectivity index (χ0n) is 14.7. The number of alkyl halides is 3. The minimum absolute atomic E-state index is 0.0589. The Morgan fingerprint density at radius 2 is 2.14 bits per heavy atom. The van der Waals surface area contributed by atoms with Crippen LogP contribution in [0.1, 0.15) is 29.2 Å². The number of anilines is 1. The minimum Gasteiger partial charge on any atom is -0.382 e. The summed E-state index contributed by atoms with van der Waals surface area (Å²) in [7, 11) is 0. The Balaban J connectivity index is 1.88. The van der Waals surface area contributed by atoms with Gasteiger partial charge in [0.2, 0.25) is 0 Å². The van der Waals surface area contributed by atoms with Crippen LogP contribution in [0.4, 0.5) is 23.2 Å². The van der Waals surface area contributed by atoms with Gasteiger partial charge in [0.1, 0.15) is 23.1 Å². The third-order valence-electron chi connectivity index (χ3n) is 4.16. The van der Waals surface area contributed by atoms with E-state index in [2.05, 4.69) is 36.1 Å². The fourth-order valence-corrected chi connectivity index (χ4v) is 2.85. The molecule has 0 spiro atoms. The van der Waals surface area contributed by atoms with Gasteiger partial charge in [-0.15, -0.1) is 0 Å². The molecule has 0 radical (unpaired) electrons. The summed E-state index contributed by atoms with van der Waals surface area (Å²) in [5.41, 5.74) is 9.85. The summed E-state index contributed by atoms with van der Waals surface area (Å²) >= 11 is 0. The predicted octanol–water partition coefficient (Wildman–Crippen LogP) is 3.30. The molecule has 152 valence electrons. The Morgan fingerprint density at radius 1 is 1.34 bits per heavy atom. The van der Waals surface area contributed by atoms with E-state index < -0.39 is 29.4 Å². The van der Waals surface area contributed by atoms with E-state index >= 15 is 0 Å². The van der Waals surface area contributed by atoms with Gasteiger partial charge in [-0.3, -0.25) is 9.89 Å². The Bertz CT molecular complexity index is 993. The van der Waals surface area contributed by atoms with Gasteiger partial charge in [-0.2, -0.15) is 23.4 Å². The van der Waals surface area contributed by atoms with Crippen LogP contribution in [0.15, 0.2) is 34.6 Å². The summed E-state index contributed by atoms with van der Waals surface area (Å²) in [6, 6.07) is 2.38. The molecule has 1 aliphatic heterocycles. The van der Waals surface area contributed by atoms with Crippen molar-refractivity contribution < 1.29 is 22.4 Å². The van der Waals surface area contributed by atoms with Gasteiger partial charge < -0.3 is 5.32 Å². The lowest BCUT2D eigenvalue weighted by molar-refractivity contribution is -0.140. The monoisotopic (exact) mass is 410 g/mol. The number of azide groups is 1. The highest BCUT2D eigenvalue weighted by Crippen LogP contribution is 2.35. The maximum Gasteiger partial charge on any atom is 0.419 e. The van der Waals surface area contributed by atoms with Gasteiger partial charge in [-0.1, -0.05) is 11.2 Å². The van der Waals surface area contributed by atoms with Gasteiger partial charge in [0, 0.05) is 18.0 Å². The van der Waals surface area contributed by atoms with Crippen LogP contribution in [0.5, 0.6) is 0 Å². The number of carbonyl (C=O) groups excluding carboxylic acids is 1. The molecule has 1 aromatic heterocycles. The quantitative estimate of drug-likeness (QED) is 0.213. The first-order valence-electron chi connectivity index (χ1n) is 8.35. The number of rotatable bonds is 7. The Labute approximate surface area is 160 Å². The van der Waals surface area contributed by atoms with E-state index in [-0.39, 0.29) is 17.8 Å². The van der Waals surface area contributed by atoms with Crippen LogP contribution >= 0.6 is 0 Å². The van der Waals surface area contributed by atoms with Crippen LogP contribution in [0.3, 0.4) is 0 Å². The summed E-state index contributed by atoms with van der Waals surface area (Å²) in [4.78, 5) is 14.9. The number of benzene rings is 1. The SMILES string of the molecule is [N-]=[N+]=NCCCNc1cn[nH]c1C1=NNC(=O)C1c1ccc(F)c(C(F)(F)F)c1. The van der Waals surface area contributed by atoms with E-state index in [1.54, 1.807) is 0 Å². The molecule has 0 saturated heterocycles. The molecule has 3 rings (SSSR count). The normalized spacial score (nSPS) is 16.2. The van der Waals surface area contributed by atoms with Crippen molar-refractivity contribution in [2.24, 2.45) is 10.2 Å². The molecule has 2 heterocycles. The fourth-order valence-electron chi connectivity index (χ4n) is 2.85. The maximum absolute atomic E-state index is 13.6. The van der Waals surface area contributed by atoms with Crippen LogP contribution in [0.2, 0.25) is 0 Å². The van der Waals surface area contributed by atoms with Crippen LogP contribution < -0.4 is 10.7 Å². The van der Waals surface area contributed by atoms with Gasteiger partial charge >= 0.3 is 6.18 Å². The van der Waals surface area contributed by atoms with Crippen LogP contribution in [-0.2, 0) is 11.0 Å². The number of aromatic nitrogens is 2. The number of hydrazone groups is 1. The van der Waals surface area contributed by atoms with E-state index in [0.717, 1.165) is 6.07 Å². The lowest BCUT2D eigenvalue weighted by Gasteiger charge is -2.15. The largest absolute Gasteiger partial charge is 0.419 e. The van der Waals surface area contributed by atoms with Gasteiger partial charge in [-0.05, 0) is 29.6 Å². The van der Waals surface area contributed by atoms with Crippen molar-refractivity contribution in [2.45, 2.75) is 18.5 Å². The van der Waals surface area contributed by atoms with E-state index in [4.69, 9.17) is 5.53 Å². The lowest BCUT2D eigenvalue weighted by atomic mass is 9.90. The summed E-state index contributed by atoms with van der Waals surface area (Å²) in [5.74, 6) is -3.26. The van der Waals surface area contributed by atoms with Crippen molar-refractivity contribution >= 4 is 17.3 Å². The fraction of sp³-hybridized carbons (Fsp3) is 0.312. The standard InChI is InChI=1S/C16H14F4N8O/c17-10-3-2-8(6-9(10)16(18,19)20)12-14(26-27-15(12)29)13-11(7-24-25-13)22-4-1-5-23-28-21/h2-3,6-7,12,22H,1,4-5H2,(H,24,25)(H,27,29). The summed E-state index contributed by atoms with van der Waals surface area (Å²) < 4.78 is 52.8. The second-order valence-electron chi connectivity index (χ2n) is 6.04. The van der Waals surface area contributed by atoms with Crippen LogP contribution in [-0.4, -0.2) is 34.9 Å².